The summed E-state index contributed by atoms with van der Waals surface area (Å²) in [6.45, 7) is 2.08. The largest absolute Gasteiger partial charge is 0.480 e. The van der Waals surface area contributed by atoms with Crippen molar-refractivity contribution in [1.82, 2.24) is 42.0 Å². The highest BCUT2D eigenvalue weighted by molar-refractivity contribution is 5.97. The van der Waals surface area contributed by atoms with Crippen LogP contribution in [0.5, 0.6) is 0 Å². The second kappa shape index (κ2) is 26.7. The van der Waals surface area contributed by atoms with E-state index in [1.807, 2.05) is 54.6 Å². The fraction of sp³-hybridized carbons (Fsp3) is 0.542. The SMILES string of the molecule is CC(=O)NN[C@@H](Cc1ccccc1)C(=O)N[C@@H](CCCCN)C(=O)N1CCC[C@H]1C(=O)N[C@H](CC1CCCCC1)C(=O)N[C@@H](Cc1c[nH]c2ccccc12)C(=O)N[C@H](CCCN=C(N)N)C(=O)O. The van der Waals surface area contributed by atoms with Crippen LogP contribution in [0.2, 0.25) is 0 Å². The first-order valence-corrected chi connectivity index (χ1v) is 23.8. The van der Waals surface area contributed by atoms with Gasteiger partial charge >= 0.3 is 5.97 Å². The van der Waals surface area contributed by atoms with Crippen LogP contribution in [0.25, 0.3) is 10.9 Å². The minimum absolute atomic E-state index is 0.000725. The number of carbonyl (C=O) groups is 7. The smallest absolute Gasteiger partial charge is 0.326 e. The molecule has 1 aliphatic heterocycles. The van der Waals surface area contributed by atoms with Gasteiger partial charge in [0, 0.05) is 43.5 Å². The van der Waals surface area contributed by atoms with Gasteiger partial charge in [-0.25, -0.2) is 10.2 Å². The number of likely N-dealkylation sites (tertiary alicyclic amines) is 1. The Morgan fingerprint density at radius 1 is 0.750 bits per heavy atom. The third-order valence-electron chi connectivity index (χ3n) is 12.6. The van der Waals surface area contributed by atoms with Crippen molar-refractivity contribution < 1.29 is 38.7 Å². The number of H-pyrrole nitrogens is 1. The van der Waals surface area contributed by atoms with Gasteiger partial charge in [-0.2, -0.15) is 0 Å². The van der Waals surface area contributed by atoms with Crippen molar-refractivity contribution in [2.75, 3.05) is 19.6 Å². The van der Waals surface area contributed by atoms with Gasteiger partial charge in [-0.1, -0.05) is 80.6 Å². The molecule has 1 saturated carbocycles. The summed E-state index contributed by atoms with van der Waals surface area (Å²) in [5.74, 6) is -4.59. The second-order valence-corrected chi connectivity index (χ2v) is 17.9. The third-order valence-corrected chi connectivity index (χ3v) is 12.6. The highest BCUT2D eigenvalue weighted by atomic mass is 16.4. The summed E-state index contributed by atoms with van der Waals surface area (Å²) in [4.78, 5) is 104. The minimum atomic E-state index is -1.31. The monoisotopic (exact) mass is 943 g/mol. The van der Waals surface area contributed by atoms with Gasteiger partial charge in [0.25, 0.3) is 0 Å². The lowest BCUT2D eigenvalue weighted by atomic mass is 9.84. The molecular weight excluding hydrogens is 873 g/mol. The average Bonchev–Trinajstić information content (AvgIpc) is 3.99. The number of benzene rings is 2. The number of fused-ring (bicyclic) bond motifs is 1. The van der Waals surface area contributed by atoms with Crippen molar-refractivity contribution in [3.05, 3.63) is 71.9 Å². The Kier molecular flexibility index (Phi) is 20.6. The number of rotatable bonds is 26. The van der Waals surface area contributed by atoms with E-state index >= 15 is 0 Å². The molecule has 1 aromatic heterocycles. The number of aliphatic carboxylic acids is 1. The summed E-state index contributed by atoms with van der Waals surface area (Å²) in [7, 11) is 0. The third kappa shape index (κ3) is 16.1. The molecule has 2 fully saturated rings. The highest BCUT2D eigenvalue weighted by Gasteiger charge is 2.40. The van der Waals surface area contributed by atoms with E-state index in [0.717, 1.165) is 48.6 Å². The Hall–Kier alpha value is -6.54. The number of aliphatic imine (C=N–C) groups is 1. The number of carboxylic acid groups (broad SMARTS) is 1. The first kappa shape index (κ1) is 52.4. The van der Waals surface area contributed by atoms with Gasteiger partial charge in [-0.05, 0) is 87.4 Å². The minimum Gasteiger partial charge on any atom is -0.480 e. The molecule has 20 nitrogen and oxygen atoms in total. The molecule has 1 aliphatic carbocycles. The topological polar surface area (TPSA) is 321 Å². The lowest BCUT2D eigenvalue weighted by Crippen LogP contribution is -2.60. The number of aromatic nitrogens is 1. The van der Waals surface area contributed by atoms with Crippen LogP contribution in [0.1, 0.15) is 102 Å². The molecule has 0 unspecified atom stereocenters. The number of nitrogens with zero attached hydrogens (tertiary/aromatic N) is 2. The van der Waals surface area contributed by atoms with Crippen LogP contribution >= 0.6 is 0 Å². The zero-order valence-electron chi connectivity index (χ0n) is 39.0. The molecule has 2 heterocycles. The number of carboxylic acids is 1. The van der Waals surface area contributed by atoms with Gasteiger partial charge in [0.2, 0.25) is 35.4 Å². The molecule has 5 rings (SSSR count). The summed E-state index contributed by atoms with van der Waals surface area (Å²) in [6.07, 6.45) is 9.35. The van der Waals surface area contributed by atoms with Gasteiger partial charge < -0.3 is 53.5 Å². The lowest BCUT2D eigenvalue weighted by Gasteiger charge is -2.32. The molecule has 370 valence electrons. The predicted molar refractivity (Wildman–Crippen MR) is 257 cm³/mol. The molecular formula is C48H70N12O8. The molecule has 20 heteroatoms. The van der Waals surface area contributed by atoms with Crippen molar-refractivity contribution in [3.63, 3.8) is 0 Å². The van der Waals surface area contributed by atoms with E-state index in [-0.39, 0.29) is 63.5 Å². The van der Waals surface area contributed by atoms with Gasteiger partial charge in [0.1, 0.15) is 36.3 Å². The Morgan fingerprint density at radius 2 is 1.41 bits per heavy atom. The number of nitrogens with two attached hydrogens (primary N) is 3. The number of nitrogens with one attached hydrogen (secondary N) is 7. The lowest BCUT2D eigenvalue weighted by molar-refractivity contribution is -0.143. The van der Waals surface area contributed by atoms with E-state index < -0.39 is 77.7 Å². The summed E-state index contributed by atoms with van der Waals surface area (Å²) >= 11 is 0. The zero-order valence-corrected chi connectivity index (χ0v) is 39.0. The maximum absolute atomic E-state index is 14.6. The van der Waals surface area contributed by atoms with Crippen LogP contribution in [0.15, 0.2) is 65.8 Å². The number of guanidine groups is 1. The van der Waals surface area contributed by atoms with Crippen molar-refractivity contribution in [2.24, 2.45) is 28.1 Å². The first-order chi connectivity index (χ1) is 32.7. The number of aromatic amines is 1. The standard InChI is InChI=1S/C48H70N12O8/c1-30(61)58-59-40(27-32-16-6-3-7-17-32)44(64)54-36(20-10-11-23-49)46(66)60-25-13-22-41(60)45(65)57-38(26-31-14-4-2-5-15-31)42(62)56-39(28-33-29-53-35-19-9-8-18-34(33)35)43(63)55-37(47(67)68)21-12-24-52-48(50)51/h3,6-9,16-19,29,31,36-41,53,59H,2,4-5,10-15,20-28,49H2,1H3,(H,54,64)(H,55,63)(H,56,62)(H,57,65)(H,58,61)(H,67,68)(H4,50,51,52)/t36-,37+,38+,39-,40-,41-/m0/s1. The number of amides is 6. The molecule has 2 aromatic carbocycles. The van der Waals surface area contributed by atoms with Gasteiger partial charge in [0.15, 0.2) is 5.96 Å². The normalized spacial score (nSPS) is 17.2. The first-order valence-electron chi connectivity index (χ1n) is 23.8. The summed E-state index contributed by atoms with van der Waals surface area (Å²) in [5, 5.41) is 22.2. The molecule has 3 aromatic rings. The molecule has 1 saturated heterocycles. The van der Waals surface area contributed by atoms with Gasteiger partial charge in [-0.15, -0.1) is 0 Å². The molecule has 6 amide bonds. The zero-order chi connectivity index (χ0) is 49.0. The number of unbranched alkanes of at least 4 members (excludes halogenated alkanes) is 1. The summed E-state index contributed by atoms with van der Waals surface area (Å²) < 4.78 is 0. The summed E-state index contributed by atoms with van der Waals surface area (Å²) in [6, 6.07) is 10.1. The van der Waals surface area contributed by atoms with E-state index in [9.17, 15) is 38.7 Å². The van der Waals surface area contributed by atoms with Crippen LogP contribution in [0.3, 0.4) is 0 Å². The Bertz CT molecular complexity index is 2190. The van der Waals surface area contributed by atoms with E-state index in [1.165, 1.54) is 11.8 Å². The number of carbonyl (C=O) groups excluding carboxylic acids is 6. The number of hydrogen-bond donors (Lipinski definition) is 11. The van der Waals surface area contributed by atoms with Crippen molar-refractivity contribution in [3.8, 4) is 0 Å². The fourth-order valence-corrected chi connectivity index (χ4v) is 9.06. The number of hydrogen-bond acceptors (Lipinski definition) is 10. The van der Waals surface area contributed by atoms with E-state index in [0.29, 0.717) is 37.8 Å². The van der Waals surface area contributed by atoms with E-state index in [1.54, 1.807) is 6.20 Å². The van der Waals surface area contributed by atoms with Crippen LogP contribution in [0.4, 0.5) is 0 Å². The molecule has 0 bridgehead atoms. The van der Waals surface area contributed by atoms with Gasteiger partial charge in [-0.3, -0.25) is 39.2 Å². The van der Waals surface area contributed by atoms with Crippen LogP contribution < -0.4 is 49.3 Å². The molecule has 68 heavy (non-hydrogen) atoms. The fourth-order valence-electron chi connectivity index (χ4n) is 9.06. The number of para-hydroxylation sites is 1. The van der Waals surface area contributed by atoms with Crippen molar-refractivity contribution in [1.29, 1.82) is 0 Å². The van der Waals surface area contributed by atoms with Gasteiger partial charge in [0.05, 0.1) is 0 Å². The van der Waals surface area contributed by atoms with E-state index in [2.05, 4.69) is 42.1 Å². The van der Waals surface area contributed by atoms with E-state index in [4.69, 9.17) is 17.2 Å². The molecule has 0 radical (unpaired) electrons. The van der Waals surface area contributed by atoms with Crippen LogP contribution in [0, 0.1) is 5.92 Å². The van der Waals surface area contributed by atoms with Crippen molar-refractivity contribution in [2.45, 2.75) is 139 Å². The summed E-state index contributed by atoms with van der Waals surface area (Å²) in [5.41, 5.74) is 24.3. The molecule has 0 spiro atoms. The predicted octanol–water partition coefficient (Wildman–Crippen LogP) is 1.13. The second-order valence-electron chi connectivity index (χ2n) is 17.9. The Morgan fingerprint density at radius 3 is 2.12 bits per heavy atom. The van der Waals surface area contributed by atoms with Crippen LogP contribution in [-0.4, -0.2) is 118 Å². The quantitative estimate of drug-likeness (QED) is 0.0234. The molecule has 2 aliphatic rings. The maximum Gasteiger partial charge on any atom is 0.326 e. The van der Waals surface area contributed by atoms with Crippen LogP contribution in [-0.2, 0) is 46.4 Å². The number of hydrazine groups is 1. The Labute approximate surface area is 397 Å². The Balaban J connectivity index is 1.36. The van der Waals surface area contributed by atoms with Crippen molar-refractivity contribution >= 4 is 58.3 Å². The average molecular weight is 943 g/mol. The molecule has 14 N–H and O–H groups in total. The highest BCUT2D eigenvalue weighted by Crippen LogP contribution is 2.28. The maximum atomic E-state index is 14.6. The molecule has 6 atom stereocenters.